The first-order valence-corrected chi connectivity index (χ1v) is 13.1. The maximum atomic E-state index is 13.5. The van der Waals surface area contributed by atoms with Crippen LogP contribution in [0.3, 0.4) is 0 Å². The summed E-state index contributed by atoms with van der Waals surface area (Å²) in [6, 6.07) is 21.1. The number of thiazole rings is 1. The molecule has 3 heterocycles. The number of thiophene rings is 1. The summed E-state index contributed by atoms with van der Waals surface area (Å²) in [4.78, 5) is 35.8. The van der Waals surface area contributed by atoms with Crippen LogP contribution in [0.5, 0.6) is 0 Å². The largest absolute Gasteiger partial charge is 0.339 e. The molecule has 5 rings (SSSR count). The van der Waals surface area contributed by atoms with Gasteiger partial charge in [-0.15, -0.1) is 22.7 Å². The molecule has 174 valence electrons. The van der Waals surface area contributed by atoms with E-state index in [1.54, 1.807) is 17.4 Å². The molecule has 1 atom stereocenters. The van der Waals surface area contributed by atoms with E-state index in [0.29, 0.717) is 24.4 Å². The summed E-state index contributed by atoms with van der Waals surface area (Å²) in [7, 11) is 0. The van der Waals surface area contributed by atoms with Gasteiger partial charge in [0.2, 0.25) is 5.91 Å². The second-order valence-corrected chi connectivity index (χ2v) is 10.4. The molecule has 0 saturated carbocycles. The zero-order valence-electron chi connectivity index (χ0n) is 18.7. The van der Waals surface area contributed by atoms with Crippen molar-refractivity contribution in [2.45, 2.75) is 19.0 Å². The number of nitrogens with zero attached hydrogens (tertiary/aromatic N) is 3. The van der Waals surface area contributed by atoms with Crippen LogP contribution in [0.4, 0.5) is 0 Å². The van der Waals surface area contributed by atoms with Gasteiger partial charge in [-0.05, 0) is 29.1 Å². The van der Waals surface area contributed by atoms with Gasteiger partial charge in [0.1, 0.15) is 11.0 Å². The van der Waals surface area contributed by atoms with Crippen molar-refractivity contribution in [1.29, 1.82) is 0 Å². The third-order valence-electron chi connectivity index (χ3n) is 6.01. The van der Waals surface area contributed by atoms with Gasteiger partial charge in [-0.2, -0.15) is 0 Å². The van der Waals surface area contributed by atoms with Gasteiger partial charge in [0.15, 0.2) is 0 Å². The number of hydrogen-bond donors (Lipinski definition) is 1. The zero-order valence-corrected chi connectivity index (χ0v) is 20.4. The van der Waals surface area contributed by atoms with Crippen molar-refractivity contribution in [2.24, 2.45) is 0 Å². The molecular formula is C26H26N4O2S2. The van der Waals surface area contributed by atoms with E-state index in [1.807, 2.05) is 64.9 Å². The van der Waals surface area contributed by atoms with E-state index in [4.69, 9.17) is 4.98 Å². The summed E-state index contributed by atoms with van der Waals surface area (Å²) in [5, 5.41) is 5.96. The second kappa shape index (κ2) is 10.5. The van der Waals surface area contributed by atoms with E-state index in [2.05, 4.69) is 16.3 Å². The predicted molar refractivity (Wildman–Crippen MR) is 137 cm³/mol. The van der Waals surface area contributed by atoms with Gasteiger partial charge in [0.25, 0.3) is 5.91 Å². The summed E-state index contributed by atoms with van der Waals surface area (Å²) >= 11 is 3.11. The Hall–Kier alpha value is -3.07. The summed E-state index contributed by atoms with van der Waals surface area (Å²) in [5.74, 6) is -0.216. The smallest absolute Gasteiger partial charge is 0.262 e. The number of rotatable bonds is 7. The quantitative estimate of drug-likeness (QED) is 0.425. The van der Waals surface area contributed by atoms with Crippen LogP contribution in [-0.4, -0.2) is 58.8 Å². The third-order valence-corrected chi connectivity index (χ3v) is 7.90. The van der Waals surface area contributed by atoms with E-state index in [1.165, 1.54) is 16.0 Å². The maximum Gasteiger partial charge on any atom is 0.262 e. The van der Waals surface area contributed by atoms with Crippen LogP contribution in [-0.2, 0) is 17.8 Å². The van der Waals surface area contributed by atoms with Crippen LogP contribution >= 0.6 is 22.7 Å². The molecular weight excluding hydrogens is 464 g/mol. The van der Waals surface area contributed by atoms with Gasteiger partial charge < -0.3 is 10.2 Å². The molecule has 1 fully saturated rings. The molecule has 0 bridgehead atoms. The molecule has 0 radical (unpaired) electrons. The molecule has 2 aromatic heterocycles. The van der Waals surface area contributed by atoms with Crippen LogP contribution in [0.2, 0.25) is 0 Å². The lowest BCUT2D eigenvalue weighted by molar-refractivity contribution is -0.135. The zero-order chi connectivity index (χ0) is 23.3. The molecule has 2 amide bonds. The highest BCUT2D eigenvalue weighted by atomic mass is 32.1. The Morgan fingerprint density at radius 1 is 0.941 bits per heavy atom. The Kier molecular flexibility index (Phi) is 6.99. The number of piperazine rings is 1. The fraction of sp³-hybridized carbons (Fsp3) is 0.269. The number of hydrogen-bond acceptors (Lipinski definition) is 6. The number of carbonyl (C=O) groups is 2. The lowest BCUT2D eigenvalue weighted by atomic mass is 10.0. The summed E-state index contributed by atoms with van der Waals surface area (Å²) in [6.07, 6.45) is 0.475. The van der Waals surface area contributed by atoms with E-state index in [9.17, 15) is 9.59 Å². The molecule has 1 aliphatic heterocycles. The molecule has 1 unspecified atom stereocenters. The molecule has 0 aliphatic carbocycles. The average Bonchev–Trinajstić information content (AvgIpc) is 3.54. The molecule has 1 N–H and O–H groups in total. The SMILES string of the molecule is O=C(NC(Cc1ccccc1)C(=O)N1CCN(Cc2nc3ccccc3s2)CC1)c1cccs1. The highest BCUT2D eigenvalue weighted by Gasteiger charge is 2.29. The average molecular weight is 491 g/mol. The van der Waals surface area contributed by atoms with Crippen LogP contribution in [0.1, 0.15) is 20.2 Å². The molecule has 6 nitrogen and oxygen atoms in total. The topological polar surface area (TPSA) is 65.5 Å². The highest BCUT2D eigenvalue weighted by molar-refractivity contribution is 7.18. The minimum Gasteiger partial charge on any atom is -0.339 e. The molecule has 0 spiro atoms. The first kappa shape index (κ1) is 22.7. The van der Waals surface area contributed by atoms with Crippen LogP contribution < -0.4 is 5.32 Å². The molecule has 4 aromatic rings. The lowest BCUT2D eigenvalue weighted by Gasteiger charge is -2.36. The van der Waals surface area contributed by atoms with E-state index >= 15 is 0 Å². The number of benzene rings is 2. The number of amides is 2. The van der Waals surface area contributed by atoms with Crippen molar-refractivity contribution in [3.63, 3.8) is 0 Å². The number of fused-ring (bicyclic) bond motifs is 1. The van der Waals surface area contributed by atoms with Crippen LogP contribution in [0, 0.1) is 0 Å². The summed E-state index contributed by atoms with van der Waals surface area (Å²) in [6.45, 7) is 3.66. The van der Waals surface area contributed by atoms with Crippen LogP contribution in [0.25, 0.3) is 10.2 Å². The molecule has 2 aromatic carbocycles. The number of para-hydroxylation sites is 1. The van der Waals surface area contributed by atoms with Gasteiger partial charge in [0.05, 0.1) is 21.6 Å². The maximum absolute atomic E-state index is 13.5. The fourth-order valence-corrected chi connectivity index (χ4v) is 5.85. The number of carbonyl (C=O) groups excluding carboxylic acids is 2. The van der Waals surface area contributed by atoms with Crippen molar-refractivity contribution < 1.29 is 9.59 Å². The van der Waals surface area contributed by atoms with Crippen molar-refractivity contribution >= 4 is 44.7 Å². The third kappa shape index (κ3) is 5.35. The fourth-order valence-electron chi connectivity index (χ4n) is 4.21. The van der Waals surface area contributed by atoms with Gasteiger partial charge in [-0.3, -0.25) is 14.5 Å². The van der Waals surface area contributed by atoms with Gasteiger partial charge >= 0.3 is 0 Å². The van der Waals surface area contributed by atoms with Gasteiger partial charge in [-0.1, -0.05) is 48.5 Å². The Bertz CT molecular complexity index is 1220. The molecule has 1 saturated heterocycles. The Balaban J connectivity index is 1.22. The normalized spacial score (nSPS) is 15.4. The minimum absolute atomic E-state index is 0.0200. The summed E-state index contributed by atoms with van der Waals surface area (Å²) < 4.78 is 1.21. The molecule has 34 heavy (non-hydrogen) atoms. The van der Waals surface area contributed by atoms with Gasteiger partial charge in [-0.25, -0.2) is 4.98 Å². The predicted octanol–water partition coefficient (Wildman–Crippen LogP) is 4.04. The highest BCUT2D eigenvalue weighted by Crippen LogP contribution is 2.23. The second-order valence-electron chi connectivity index (χ2n) is 8.37. The van der Waals surface area contributed by atoms with Crippen molar-refractivity contribution in [3.05, 3.63) is 87.6 Å². The van der Waals surface area contributed by atoms with Crippen LogP contribution in [0.15, 0.2) is 72.1 Å². The number of nitrogens with one attached hydrogen (secondary N) is 1. The Morgan fingerprint density at radius 3 is 2.44 bits per heavy atom. The van der Waals surface area contributed by atoms with Crippen molar-refractivity contribution in [1.82, 2.24) is 20.1 Å². The standard InChI is InChI=1S/C26H26N4O2S2/c31-25(23-11-6-16-33-23)28-21(17-19-7-2-1-3-8-19)26(32)30-14-12-29(13-15-30)18-24-27-20-9-4-5-10-22(20)34-24/h1-11,16,21H,12-15,17-18H2,(H,28,31). The van der Waals surface area contributed by atoms with Crippen molar-refractivity contribution in [3.8, 4) is 0 Å². The first-order chi connectivity index (χ1) is 16.7. The van der Waals surface area contributed by atoms with Gasteiger partial charge in [0, 0.05) is 32.6 Å². The number of aromatic nitrogens is 1. The van der Waals surface area contributed by atoms with E-state index in [-0.39, 0.29) is 11.8 Å². The Labute approximate surface area is 206 Å². The van der Waals surface area contributed by atoms with Crippen molar-refractivity contribution in [2.75, 3.05) is 26.2 Å². The molecule has 1 aliphatic rings. The minimum atomic E-state index is -0.590. The molecule has 8 heteroatoms. The van der Waals surface area contributed by atoms with E-state index in [0.717, 1.165) is 35.7 Å². The lowest BCUT2D eigenvalue weighted by Crippen LogP contribution is -2.55. The first-order valence-electron chi connectivity index (χ1n) is 11.4. The monoisotopic (exact) mass is 490 g/mol. The van der Waals surface area contributed by atoms with E-state index < -0.39 is 6.04 Å². The summed E-state index contributed by atoms with van der Waals surface area (Å²) in [5.41, 5.74) is 2.07. The Morgan fingerprint density at radius 2 is 1.71 bits per heavy atom.